The number of amides is 1. The number of hydrogen-bond donors (Lipinski definition) is 1. The van der Waals surface area contributed by atoms with Crippen LogP contribution in [0, 0.1) is 11.8 Å². The molecule has 4 heteroatoms. The summed E-state index contributed by atoms with van der Waals surface area (Å²) in [4.78, 5) is 14.8. The van der Waals surface area contributed by atoms with E-state index in [0.717, 1.165) is 37.4 Å². The molecule has 0 aliphatic carbocycles. The van der Waals surface area contributed by atoms with E-state index in [1.54, 1.807) is 0 Å². The minimum atomic E-state index is 0.249. The lowest BCUT2D eigenvalue weighted by Gasteiger charge is -2.26. The van der Waals surface area contributed by atoms with Gasteiger partial charge in [0.15, 0.2) is 0 Å². The normalized spacial score (nSPS) is 27.0. The second-order valence-electron chi connectivity index (χ2n) is 6.14. The summed E-state index contributed by atoms with van der Waals surface area (Å²) in [6.07, 6.45) is 2.09. The first-order valence-electron chi connectivity index (χ1n) is 7.91. The number of nitrogens with zero attached hydrogens (tertiary/aromatic N) is 1. The van der Waals surface area contributed by atoms with Crippen molar-refractivity contribution in [3.8, 4) is 0 Å². The van der Waals surface area contributed by atoms with Gasteiger partial charge in [-0.1, -0.05) is 30.3 Å². The van der Waals surface area contributed by atoms with Crippen molar-refractivity contribution in [2.45, 2.75) is 18.8 Å². The van der Waals surface area contributed by atoms with Gasteiger partial charge in [-0.3, -0.25) is 4.79 Å². The molecule has 0 spiro atoms. The van der Waals surface area contributed by atoms with Crippen LogP contribution in [0.25, 0.3) is 0 Å². The molecule has 0 saturated carbocycles. The van der Waals surface area contributed by atoms with E-state index in [9.17, 15) is 4.79 Å². The Morgan fingerprint density at radius 3 is 2.57 bits per heavy atom. The van der Waals surface area contributed by atoms with Crippen LogP contribution in [-0.4, -0.2) is 41.9 Å². The smallest absolute Gasteiger partial charge is 0.225 e. The van der Waals surface area contributed by atoms with E-state index in [-0.39, 0.29) is 5.92 Å². The molecule has 0 radical (unpaired) electrons. The number of benzene rings is 1. The Bertz CT molecular complexity index is 473. The Kier molecular flexibility index (Phi) is 4.86. The Morgan fingerprint density at radius 1 is 1.19 bits per heavy atom. The third kappa shape index (κ3) is 3.27. The molecule has 2 atom stereocenters. The molecule has 1 aromatic rings. The molecule has 2 N–H and O–H groups in total. The van der Waals surface area contributed by atoms with Gasteiger partial charge in [0.25, 0.3) is 0 Å². The first-order valence-corrected chi connectivity index (χ1v) is 9.06. The number of rotatable bonds is 3. The average molecular weight is 304 g/mol. The van der Waals surface area contributed by atoms with Crippen LogP contribution in [0.2, 0.25) is 0 Å². The monoisotopic (exact) mass is 304 g/mol. The second kappa shape index (κ2) is 6.84. The summed E-state index contributed by atoms with van der Waals surface area (Å²) in [6.45, 7) is 2.33. The van der Waals surface area contributed by atoms with Crippen LogP contribution in [0.15, 0.2) is 30.3 Å². The fraction of sp³-hybridized carbons (Fsp3) is 0.588. The summed E-state index contributed by atoms with van der Waals surface area (Å²) < 4.78 is 0. The molecule has 3 nitrogen and oxygen atoms in total. The molecule has 114 valence electrons. The zero-order valence-electron chi connectivity index (χ0n) is 12.4. The molecule has 2 saturated heterocycles. The highest BCUT2D eigenvalue weighted by molar-refractivity contribution is 7.99. The highest BCUT2D eigenvalue weighted by Crippen LogP contribution is 2.34. The van der Waals surface area contributed by atoms with Crippen LogP contribution in [0.1, 0.15) is 24.3 Å². The van der Waals surface area contributed by atoms with Gasteiger partial charge in [-0.15, -0.1) is 0 Å². The van der Waals surface area contributed by atoms with Crippen molar-refractivity contribution in [2.24, 2.45) is 17.6 Å². The van der Waals surface area contributed by atoms with E-state index >= 15 is 0 Å². The summed E-state index contributed by atoms with van der Waals surface area (Å²) in [5, 5.41) is 0. The average Bonchev–Trinajstić information content (AvgIpc) is 3.00. The molecule has 2 aliphatic rings. The van der Waals surface area contributed by atoms with E-state index in [0.29, 0.717) is 24.3 Å². The van der Waals surface area contributed by atoms with Crippen LogP contribution < -0.4 is 5.73 Å². The maximum atomic E-state index is 12.7. The summed E-state index contributed by atoms with van der Waals surface area (Å²) in [7, 11) is 0. The number of carbonyl (C=O) groups is 1. The van der Waals surface area contributed by atoms with Crippen LogP contribution in [-0.2, 0) is 4.79 Å². The SMILES string of the molecule is NC[C@@H]1CN(C(=O)C2CCSCC2)C[C@H]1c1ccccc1. The number of carbonyl (C=O) groups excluding carboxylic acids is 1. The quantitative estimate of drug-likeness (QED) is 0.932. The van der Waals surface area contributed by atoms with Gasteiger partial charge < -0.3 is 10.6 Å². The van der Waals surface area contributed by atoms with Crippen molar-refractivity contribution in [3.05, 3.63) is 35.9 Å². The van der Waals surface area contributed by atoms with Crippen molar-refractivity contribution < 1.29 is 4.79 Å². The Morgan fingerprint density at radius 2 is 1.90 bits per heavy atom. The number of nitrogens with two attached hydrogens (primary N) is 1. The highest BCUT2D eigenvalue weighted by Gasteiger charge is 2.37. The van der Waals surface area contributed by atoms with Gasteiger partial charge in [0.2, 0.25) is 5.91 Å². The fourth-order valence-corrected chi connectivity index (χ4v) is 4.68. The zero-order chi connectivity index (χ0) is 14.7. The van der Waals surface area contributed by atoms with Gasteiger partial charge in [0, 0.05) is 24.9 Å². The predicted molar refractivity (Wildman–Crippen MR) is 88.4 cm³/mol. The number of hydrogen-bond acceptors (Lipinski definition) is 3. The first kappa shape index (κ1) is 14.9. The number of thioether (sulfide) groups is 1. The van der Waals surface area contributed by atoms with Crippen LogP contribution in [0.4, 0.5) is 0 Å². The minimum Gasteiger partial charge on any atom is -0.341 e. The van der Waals surface area contributed by atoms with E-state index in [4.69, 9.17) is 5.73 Å². The molecule has 1 amide bonds. The van der Waals surface area contributed by atoms with Gasteiger partial charge in [0.1, 0.15) is 0 Å². The summed E-state index contributed by atoms with van der Waals surface area (Å²) in [5.74, 6) is 3.68. The maximum Gasteiger partial charge on any atom is 0.225 e. The third-order valence-electron chi connectivity index (χ3n) is 4.85. The van der Waals surface area contributed by atoms with Crippen molar-refractivity contribution in [1.29, 1.82) is 0 Å². The molecule has 2 fully saturated rings. The first-order chi connectivity index (χ1) is 10.3. The summed E-state index contributed by atoms with van der Waals surface area (Å²) in [6, 6.07) is 10.5. The molecule has 0 aromatic heterocycles. The van der Waals surface area contributed by atoms with Crippen molar-refractivity contribution >= 4 is 17.7 Å². The van der Waals surface area contributed by atoms with Crippen molar-refractivity contribution in [1.82, 2.24) is 4.90 Å². The fourth-order valence-electron chi connectivity index (χ4n) is 3.57. The van der Waals surface area contributed by atoms with Gasteiger partial charge >= 0.3 is 0 Å². The van der Waals surface area contributed by atoms with E-state index in [2.05, 4.69) is 29.2 Å². The molecular weight excluding hydrogens is 280 g/mol. The van der Waals surface area contributed by atoms with Crippen LogP contribution in [0.5, 0.6) is 0 Å². The van der Waals surface area contributed by atoms with Gasteiger partial charge in [-0.2, -0.15) is 11.8 Å². The molecule has 2 heterocycles. The molecule has 21 heavy (non-hydrogen) atoms. The van der Waals surface area contributed by atoms with E-state index in [1.165, 1.54) is 5.56 Å². The molecule has 2 aliphatic heterocycles. The molecular formula is C17H24N2OS. The second-order valence-corrected chi connectivity index (χ2v) is 7.37. The Hall–Kier alpha value is -1.00. The molecule has 3 rings (SSSR count). The lowest BCUT2D eigenvalue weighted by atomic mass is 9.89. The minimum absolute atomic E-state index is 0.249. The molecule has 0 unspecified atom stereocenters. The Balaban J connectivity index is 1.70. The van der Waals surface area contributed by atoms with Crippen LogP contribution >= 0.6 is 11.8 Å². The topological polar surface area (TPSA) is 46.3 Å². The lowest BCUT2D eigenvalue weighted by molar-refractivity contribution is -0.134. The number of likely N-dealkylation sites (tertiary alicyclic amines) is 1. The van der Waals surface area contributed by atoms with Crippen LogP contribution in [0.3, 0.4) is 0 Å². The maximum absolute atomic E-state index is 12.7. The van der Waals surface area contributed by atoms with E-state index < -0.39 is 0 Å². The Labute approximate surface area is 131 Å². The molecule has 1 aromatic carbocycles. The van der Waals surface area contributed by atoms with Crippen molar-refractivity contribution in [2.75, 3.05) is 31.1 Å². The third-order valence-corrected chi connectivity index (χ3v) is 5.90. The molecule has 0 bridgehead atoms. The van der Waals surface area contributed by atoms with Gasteiger partial charge in [-0.25, -0.2) is 0 Å². The van der Waals surface area contributed by atoms with E-state index in [1.807, 2.05) is 17.8 Å². The lowest BCUT2D eigenvalue weighted by Crippen LogP contribution is -2.36. The van der Waals surface area contributed by atoms with Gasteiger partial charge in [-0.05, 0) is 42.4 Å². The highest BCUT2D eigenvalue weighted by atomic mass is 32.2. The predicted octanol–water partition coefficient (Wildman–Crippen LogP) is 2.33. The van der Waals surface area contributed by atoms with Crippen molar-refractivity contribution in [3.63, 3.8) is 0 Å². The van der Waals surface area contributed by atoms with Gasteiger partial charge in [0.05, 0.1) is 0 Å². The standard InChI is InChI=1S/C17H24N2OS/c18-10-15-11-19(17(20)14-6-8-21-9-7-14)12-16(15)13-4-2-1-3-5-13/h1-5,14-16H,6-12,18H2/t15-,16+/m1/s1. The summed E-state index contributed by atoms with van der Waals surface area (Å²) in [5.41, 5.74) is 7.28. The largest absolute Gasteiger partial charge is 0.341 e. The zero-order valence-corrected chi connectivity index (χ0v) is 13.2. The summed E-state index contributed by atoms with van der Waals surface area (Å²) >= 11 is 1.97.